The predicted octanol–water partition coefficient (Wildman–Crippen LogP) is 1.48. The van der Waals surface area contributed by atoms with Crippen molar-refractivity contribution in [3.05, 3.63) is 28.0 Å². The average Bonchev–Trinajstić information content (AvgIpc) is 2.35. The van der Waals surface area contributed by atoms with Crippen molar-refractivity contribution in [1.29, 1.82) is 0 Å². The lowest BCUT2D eigenvalue weighted by Crippen LogP contribution is -2.56. The van der Waals surface area contributed by atoms with Gasteiger partial charge in [-0.3, -0.25) is 0 Å². The zero-order valence-corrected chi connectivity index (χ0v) is 13.2. The highest BCUT2D eigenvalue weighted by Gasteiger charge is 2.41. The molecule has 0 atom stereocenters. The maximum absolute atomic E-state index is 14.1. The molecule has 6 nitrogen and oxygen atoms in total. The van der Waals surface area contributed by atoms with E-state index in [-0.39, 0.29) is 4.47 Å². The normalized spacial score (nSPS) is 17.3. The van der Waals surface area contributed by atoms with Crippen LogP contribution in [-0.4, -0.2) is 36.7 Å². The number of carbonyl (C=O) groups is 1. The molecule has 0 spiro atoms. The van der Waals surface area contributed by atoms with Gasteiger partial charge in [0.1, 0.15) is 4.90 Å². The molecule has 0 heterocycles. The highest BCUT2D eigenvalue weighted by molar-refractivity contribution is 9.10. The Labute approximate surface area is 129 Å². The van der Waals surface area contributed by atoms with Gasteiger partial charge in [-0.25, -0.2) is 22.3 Å². The standard InChI is InChI=1S/C12H13BrFNO5S/c13-7-4-8(11(17)18)10(14)9(5-7)21(19,20)15-12(6-16)2-1-3-12/h4-5,15-16H,1-3,6H2,(H,17,18). The number of benzene rings is 1. The van der Waals surface area contributed by atoms with Crippen LogP contribution in [0.3, 0.4) is 0 Å². The van der Waals surface area contributed by atoms with E-state index >= 15 is 0 Å². The van der Waals surface area contributed by atoms with Gasteiger partial charge in [0.15, 0.2) is 5.82 Å². The summed E-state index contributed by atoms with van der Waals surface area (Å²) < 4.78 is 41.1. The Bertz CT molecular complexity index is 682. The molecular weight excluding hydrogens is 369 g/mol. The number of carboxylic acids is 1. The van der Waals surface area contributed by atoms with Crippen LogP contribution in [0.25, 0.3) is 0 Å². The maximum Gasteiger partial charge on any atom is 0.338 e. The summed E-state index contributed by atoms with van der Waals surface area (Å²) in [4.78, 5) is 10.2. The highest BCUT2D eigenvalue weighted by atomic mass is 79.9. The molecule has 1 aromatic rings. The third-order valence-corrected chi connectivity index (χ3v) is 5.52. The van der Waals surface area contributed by atoms with Crippen LogP contribution >= 0.6 is 15.9 Å². The lowest BCUT2D eigenvalue weighted by molar-refractivity contribution is 0.0691. The number of rotatable bonds is 5. The second-order valence-corrected chi connectivity index (χ2v) is 7.53. The van der Waals surface area contributed by atoms with Gasteiger partial charge in [-0.1, -0.05) is 15.9 Å². The molecule has 2 rings (SSSR count). The van der Waals surface area contributed by atoms with Crippen molar-refractivity contribution in [1.82, 2.24) is 4.72 Å². The van der Waals surface area contributed by atoms with E-state index in [4.69, 9.17) is 5.11 Å². The molecule has 0 aliphatic heterocycles. The first-order chi connectivity index (χ1) is 9.71. The van der Waals surface area contributed by atoms with E-state index in [0.717, 1.165) is 18.6 Å². The summed E-state index contributed by atoms with van der Waals surface area (Å²) in [6.45, 7) is -0.395. The third-order valence-electron chi connectivity index (χ3n) is 3.49. The van der Waals surface area contributed by atoms with E-state index in [0.29, 0.717) is 12.8 Å². The quantitative estimate of drug-likeness (QED) is 0.716. The fourth-order valence-electron chi connectivity index (χ4n) is 2.15. The number of halogens is 2. The molecular formula is C12H13BrFNO5S. The van der Waals surface area contributed by atoms with E-state index in [1.807, 2.05) is 0 Å². The van der Waals surface area contributed by atoms with Crippen molar-refractivity contribution in [2.45, 2.75) is 29.7 Å². The van der Waals surface area contributed by atoms with Gasteiger partial charge < -0.3 is 10.2 Å². The molecule has 1 saturated carbocycles. The van der Waals surface area contributed by atoms with Crippen LogP contribution in [0.2, 0.25) is 0 Å². The number of hydrogen-bond donors (Lipinski definition) is 3. The molecule has 0 saturated heterocycles. The zero-order valence-electron chi connectivity index (χ0n) is 10.8. The third kappa shape index (κ3) is 3.10. The lowest BCUT2D eigenvalue weighted by atomic mass is 9.78. The largest absolute Gasteiger partial charge is 0.478 e. The fraction of sp³-hybridized carbons (Fsp3) is 0.417. The maximum atomic E-state index is 14.1. The van der Waals surface area contributed by atoms with Crippen molar-refractivity contribution >= 4 is 31.9 Å². The Morgan fingerprint density at radius 1 is 1.43 bits per heavy atom. The smallest absolute Gasteiger partial charge is 0.338 e. The van der Waals surface area contributed by atoms with Gasteiger partial charge >= 0.3 is 5.97 Å². The molecule has 0 unspecified atom stereocenters. The van der Waals surface area contributed by atoms with Crippen LogP contribution < -0.4 is 4.72 Å². The molecule has 0 amide bonds. The molecule has 0 bridgehead atoms. The summed E-state index contributed by atoms with van der Waals surface area (Å²) >= 11 is 2.96. The van der Waals surface area contributed by atoms with Crippen molar-refractivity contribution in [2.24, 2.45) is 0 Å². The van der Waals surface area contributed by atoms with Crippen molar-refractivity contribution in [3.63, 3.8) is 0 Å². The summed E-state index contributed by atoms with van der Waals surface area (Å²) in [5.74, 6) is -2.89. The Balaban J connectivity index is 2.47. The number of carboxylic acid groups (broad SMARTS) is 1. The number of sulfonamides is 1. The summed E-state index contributed by atoms with van der Waals surface area (Å²) in [5, 5.41) is 18.2. The summed E-state index contributed by atoms with van der Waals surface area (Å²) in [6, 6.07) is 1.98. The van der Waals surface area contributed by atoms with E-state index in [2.05, 4.69) is 20.7 Å². The number of nitrogens with one attached hydrogen (secondary N) is 1. The second kappa shape index (κ2) is 5.64. The van der Waals surface area contributed by atoms with E-state index < -0.39 is 44.4 Å². The zero-order chi connectivity index (χ0) is 15.8. The van der Waals surface area contributed by atoms with Gasteiger partial charge in [0.05, 0.1) is 17.7 Å². The monoisotopic (exact) mass is 381 g/mol. The van der Waals surface area contributed by atoms with Crippen LogP contribution in [-0.2, 0) is 10.0 Å². The molecule has 3 N–H and O–H groups in total. The van der Waals surface area contributed by atoms with Crippen LogP contribution in [0.1, 0.15) is 29.6 Å². The number of aromatic carboxylic acids is 1. The Morgan fingerprint density at radius 2 is 2.05 bits per heavy atom. The SMILES string of the molecule is O=C(O)c1cc(Br)cc(S(=O)(=O)NC2(CO)CCC2)c1F. The van der Waals surface area contributed by atoms with Crippen molar-refractivity contribution < 1.29 is 27.8 Å². The Hall–Kier alpha value is -1.03. The van der Waals surface area contributed by atoms with Gasteiger partial charge in [0.25, 0.3) is 0 Å². The molecule has 1 aromatic carbocycles. The molecule has 0 aromatic heterocycles. The van der Waals surface area contributed by atoms with E-state index in [1.165, 1.54) is 0 Å². The lowest BCUT2D eigenvalue weighted by Gasteiger charge is -2.40. The van der Waals surface area contributed by atoms with Crippen molar-refractivity contribution in [2.75, 3.05) is 6.61 Å². The highest BCUT2D eigenvalue weighted by Crippen LogP contribution is 2.34. The second-order valence-electron chi connectivity index (χ2n) is 4.97. The van der Waals surface area contributed by atoms with Gasteiger partial charge in [0, 0.05) is 4.47 Å². The molecule has 21 heavy (non-hydrogen) atoms. The van der Waals surface area contributed by atoms with Crippen LogP contribution in [0.15, 0.2) is 21.5 Å². The molecule has 0 radical (unpaired) electrons. The molecule has 1 aliphatic carbocycles. The van der Waals surface area contributed by atoms with Gasteiger partial charge in [-0.15, -0.1) is 0 Å². The first-order valence-electron chi connectivity index (χ1n) is 6.08. The Morgan fingerprint density at radius 3 is 2.48 bits per heavy atom. The number of aliphatic hydroxyl groups is 1. The fourth-order valence-corrected chi connectivity index (χ4v) is 4.34. The first kappa shape index (κ1) is 16.3. The van der Waals surface area contributed by atoms with Crippen LogP contribution in [0, 0.1) is 5.82 Å². The van der Waals surface area contributed by atoms with E-state index in [9.17, 15) is 22.7 Å². The van der Waals surface area contributed by atoms with Gasteiger partial charge in [-0.2, -0.15) is 0 Å². The molecule has 1 fully saturated rings. The van der Waals surface area contributed by atoms with Gasteiger partial charge in [-0.05, 0) is 31.4 Å². The molecule has 1 aliphatic rings. The Kier molecular flexibility index (Phi) is 4.39. The van der Waals surface area contributed by atoms with Crippen LogP contribution in [0.4, 0.5) is 4.39 Å². The predicted molar refractivity (Wildman–Crippen MR) is 75.0 cm³/mol. The minimum absolute atomic E-state index is 0.133. The van der Waals surface area contributed by atoms with E-state index in [1.54, 1.807) is 0 Å². The first-order valence-corrected chi connectivity index (χ1v) is 8.36. The minimum atomic E-state index is -4.28. The van der Waals surface area contributed by atoms with Crippen molar-refractivity contribution in [3.8, 4) is 0 Å². The summed E-state index contributed by atoms with van der Waals surface area (Å²) in [6.07, 6.45) is 1.65. The summed E-state index contributed by atoms with van der Waals surface area (Å²) in [7, 11) is -4.28. The average molecular weight is 382 g/mol. The summed E-state index contributed by atoms with van der Waals surface area (Å²) in [5.41, 5.74) is -1.73. The van der Waals surface area contributed by atoms with Gasteiger partial charge in [0.2, 0.25) is 10.0 Å². The molecule has 9 heteroatoms. The topological polar surface area (TPSA) is 104 Å². The number of hydrogen-bond acceptors (Lipinski definition) is 4. The molecule has 116 valence electrons. The van der Waals surface area contributed by atoms with Crippen LogP contribution in [0.5, 0.6) is 0 Å². The minimum Gasteiger partial charge on any atom is -0.478 e. The number of aliphatic hydroxyl groups excluding tert-OH is 1.